The van der Waals surface area contributed by atoms with Crippen LogP contribution in [0.25, 0.3) is 5.65 Å². The highest BCUT2D eigenvalue weighted by atomic mass is 16.2. The molecule has 6 nitrogen and oxygen atoms in total. The van der Waals surface area contributed by atoms with Crippen molar-refractivity contribution in [3.05, 3.63) is 59.8 Å². The van der Waals surface area contributed by atoms with Gasteiger partial charge >= 0.3 is 0 Å². The van der Waals surface area contributed by atoms with Gasteiger partial charge in [-0.05, 0) is 33.5 Å². The second-order valence-corrected chi connectivity index (χ2v) is 7.00. The Kier molecular flexibility index (Phi) is 3.33. The third kappa shape index (κ3) is 2.35. The Labute approximate surface area is 140 Å². The van der Waals surface area contributed by atoms with Crippen LogP contribution in [-0.4, -0.2) is 43.9 Å². The molecule has 0 spiro atoms. The average Bonchev–Trinajstić information content (AvgIpc) is 3.18. The standard InChI is InChI=1S/C18H19N5O/c1-18(2)12-22(11-14(18)13-7-4-3-5-8-13)17(24)15-9-6-10-16-19-20-21-23(15)16/h3-10,14H,11-12H2,1-2H3/t14-/m1/s1. The van der Waals surface area contributed by atoms with Gasteiger partial charge in [0.15, 0.2) is 5.65 Å². The number of fused-ring (bicyclic) bond motifs is 1. The minimum absolute atomic E-state index is 0.0194. The lowest BCUT2D eigenvalue weighted by atomic mass is 9.78. The molecule has 0 N–H and O–H groups in total. The topological polar surface area (TPSA) is 63.4 Å². The van der Waals surface area contributed by atoms with Crippen molar-refractivity contribution >= 4 is 11.6 Å². The molecule has 0 radical (unpaired) electrons. The Morgan fingerprint density at radius 3 is 2.71 bits per heavy atom. The Hall–Kier alpha value is -2.76. The lowest BCUT2D eigenvalue weighted by molar-refractivity contribution is 0.0769. The van der Waals surface area contributed by atoms with Crippen LogP contribution in [0.15, 0.2) is 48.5 Å². The van der Waals surface area contributed by atoms with Gasteiger partial charge in [0.2, 0.25) is 0 Å². The quantitative estimate of drug-likeness (QED) is 0.727. The second kappa shape index (κ2) is 5.40. The first-order chi connectivity index (χ1) is 11.6. The van der Waals surface area contributed by atoms with Crippen molar-refractivity contribution in [2.45, 2.75) is 19.8 Å². The molecule has 1 saturated heterocycles. The van der Waals surface area contributed by atoms with E-state index < -0.39 is 0 Å². The third-order valence-corrected chi connectivity index (χ3v) is 4.87. The van der Waals surface area contributed by atoms with Crippen LogP contribution in [0, 0.1) is 5.41 Å². The summed E-state index contributed by atoms with van der Waals surface area (Å²) >= 11 is 0. The summed E-state index contributed by atoms with van der Waals surface area (Å²) in [4.78, 5) is 14.9. The van der Waals surface area contributed by atoms with E-state index in [0.29, 0.717) is 30.3 Å². The molecule has 6 heteroatoms. The summed E-state index contributed by atoms with van der Waals surface area (Å²) < 4.78 is 1.51. The van der Waals surface area contributed by atoms with Crippen molar-refractivity contribution in [2.24, 2.45) is 5.41 Å². The molecule has 0 bridgehead atoms. The molecular formula is C18H19N5O. The van der Waals surface area contributed by atoms with Crippen LogP contribution in [-0.2, 0) is 0 Å². The number of pyridine rings is 1. The molecular weight excluding hydrogens is 302 g/mol. The van der Waals surface area contributed by atoms with Gasteiger partial charge in [-0.1, -0.05) is 50.2 Å². The molecule has 2 aromatic heterocycles. The maximum absolute atomic E-state index is 13.0. The summed E-state index contributed by atoms with van der Waals surface area (Å²) in [7, 11) is 0. The summed E-state index contributed by atoms with van der Waals surface area (Å²) in [6.07, 6.45) is 0. The van der Waals surface area contributed by atoms with Gasteiger partial charge in [0.25, 0.3) is 5.91 Å². The zero-order chi connectivity index (χ0) is 16.7. The minimum Gasteiger partial charge on any atom is -0.336 e. The van der Waals surface area contributed by atoms with Gasteiger partial charge < -0.3 is 4.90 Å². The molecule has 1 aromatic carbocycles. The van der Waals surface area contributed by atoms with Crippen LogP contribution in [0.1, 0.15) is 35.8 Å². The van der Waals surface area contributed by atoms with E-state index in [1.165, 1.54) is 10.1 Å². The number of nitrogens with zero attached hydrogens (tertiary/aromatic N) is 5. The molecule has 0 aliphatic carbocycles. The van der Waals surface area contributed by atoms with Gasteiger partial charge in [-0.25, -0.2) is 0 Å². The second-order valence-electron chi connectivity index (χ2n) is 7.00. The van der Waals surface area contributed by atoms with Gasteiger partial charge in [0.1, 0.15) is 5.69 Å². The van der Waals surface area contributed by atoms with E-state index in [2.05, 4.69) is 53.6 Å². The van der Waals surface area contributed by atoms with Crippen LogP contribution in [0.4, 0.5) is 0 Å². The number of amides is 1. The van der Waals surface area contributed by atoms with E-state index in [-0.39, 0.29) is 11.3 Å². The lowest BCUT2D eigenvalue weighted by Gasteiger charge is -2.25. The molecule has 1 fully saturated rings. The average molecular weight is 321 g/mol. The molecule has 1 amide bonds. The molecule has 0 saturated carbocycles. The van der Waals surface area contributed by atoms with E-state index in [4.69, 9.17) is 0 Å². The fourth-order valence-electron chi connectivity index (χ4n) is 3.62. The number of carbonyl (C=O) groups is 1. The highest BCUT2D eigenvalue weighted by molar-refractivity contribution is 5.93. The van der Waals surface area contributed by atoms with Gasteiger partial charge in [0.05, 0.1) is 0 Å². The highest BCUT2D eigenvalue weighted by Gasteiger charge is 2.42. The smallest absolute Gasteiger partial charge is 0.272 e. The number of hydrogen-bond acceptors (Lipinski definition) is 4. The Bertz CT molecular complexity index is 887. The largest absolute Gasteiger partial charge is 0.336 e. The molecule has 3 heterocycles. The number of aromatic nitrogens is 4. The minimum atomic E-state index is -0.0283. The fraction of sp³-hybridized carbons (Fsp3) is 0.333. The molecule has 1 aliphatic heterocycles. The van der Waals surface area contributed by atoms with Crippen molar-refractivity contribution < 1.29 is 4.79 Å². The van der Waals surface area contributed by atoms with E-state index in [1.807, 2.05) is 17.0 Å². The molecule has 24 heavy (non-hydrogen) atoms. The van der Waals surface area contributed by atoms with Gasteiger partial charge in [-0.2, -0.15) is 4.52 Å². The normalized spacial score (nSPS) is 19.8. The van der Waals surface area contributed by atoms with Crippen molar-refractivity contribution in [3.8, 4) is 0 Å². The highest BCUT2D eigenvalue weighted by Crippen LogP contribution is 2.42. The number of tetrazole rings is 1. The van der Waals surface area contributed by atoms with E-state index in [9.17, 15) is 4.79 Å². The predicted molar refractivity (Wildman–Crippen MR) is 89.6 cm³/mol. The molecule has 122 valence electrons. The zero-order valence-corrected chi connectivity index (χ0v) is 13.8. The fourth-order valence-corrected chi connectivity index (χ4v) is 3.62. The Balaban J connectivity index is 1.66. The van der Waals surface area contributed by atoms with E-state index in [1.54, 1.807) is 12.1 Å². The Morgan fingerprint density at radius 1 is 1.12 bits per heavy atom. The number of likely N-dealkylation sites (tertiary alicyclic amines) is 1. The maximum atomic E-state index is 13.0. The molecule has 3 aromatic rings. The first-order valence-corrected chi connectivity index (χ1v) is 8.07. The van der Waals surface area contributed by atoms with Crippen LogP contribution in [0.3, 0.4) is 0 Å². The monoisotopic (exact) mass is 321 g/mol. The van der Waals surface area contributed by atoms with Crippen LogP contribution < -0.4 is 0 Å². The van der Waals surface area contributed by atoms with Crippen molar-refractivity contribution in [1.82, 2.24) is 24.9 Å². The van der Waals surface area contributed by atoms with Gasteiger partial charge in [-0.15, -0.1) is 5.10 Å². The van der Waals surface area contributed by atoms with E-state index in [0.717, 1.165) is 0 Å². The number of benzene rings is 1. The first kappa shape index (κ1) is 14.8. The summed E-state index contributed by atoms with van der Waals surface area (Å²) in [5.41, 5.74) is 2.38. The van der Waals surface area contributed by atoms with Crippen LogP contribution in [0.5, 0.6) is 0 Å². The van der Waals surface area contributed by atoms with Crippen molar-refractivity contribution in [1.29, 1.82) is 0 Å². The first-order valence-electron chi connectivity index (χ1n) is 8.07. The summed E-state index contributed by atoms with van der Waals surface area (Å²) in [5, 5.41) is 11.5. The number of carbonyl (C=O) groups excluding carboxylic acids is 1. The molecule has 1 atom stereocenters. The summed E-state index contributed by atoms with van der Waals surface area (Å²) in [5.74, 6) is 0.287. The number of rotatable bonds is 2. The van der Waals surface area contributed by atoms with Gasteiger partial charge in [0, 0.05) is 19.0 Å². The SMILES string of the molecule is CC1(C)CN(C(=O)c2cccc3nnnn23)C[C@@H]1c1ccccc1. The van der Waals surface area contributed by atoms with Crippen LogP contribution in [0.2, 0.25) is 0 Å². The summed E-state index contributed by atoms with van der Waals surface area (Å²) in [6, 6.07) is 15.8. The maximum Gasteiger partial charge on any atom is 0.272 e. The van der Waals surface area contributed by atoms with Gasteiger partial charge in [-0.3, -0.25) is 4.79 Å². The Morgan fingerprint density at radius 2 is 1.92 bits per heavy atom. The zero-order valence-electron chi connectivity index (χ0n) is 13.8. The summed E-state index contributed by atoms with van der Waals surface area (Å²) in [6.45, 7) is 5.85. The lowest BCUT2D eigenvalue weighted by Crippen LogP contribution is -2.31. The van der Waals surface area contributed by atoms with Crippen molar-refractivity contribution in [3.63, 3.8) is 0 Å². The molecule has 4 rings (SSSR count). The molecule has 0 unspecified atom stereocenters. The van der Waals surface area contributed by atoms with Crippen molar-refractivity contribution in [2.75, 3.05) is 13.1 Å². The number of hydrogen-bond donors (Lipinski definition) is 0. The molecule has 1 aliphatic rings. The third-order valence-electron chi connectivity index (χ3n) is 4.87. The predicted octanol–water partition coefficient (Wildman–Crippen LogP) is 2.39. The van der Waals surface area contributed by atoms with Crippen LogP contribution >= 0.6 is 0 Å². The van der Waals surface area contributed by atoms with E-state index >= 15 is 0 Å².